The van der Waals surface area contributed by atoms with Gasteiger partial charge in [0.25, 0.3) is 0 Å². The first-order valence-corrected chi connectivity index (χ1v) is 10.7. The van der Waals surface area contributed by atoms with E-state index in [1.165, 1.54) is 37.6 Å². The van der Waals surface area contributed by atoms with E-state index in [9.17, 15) is 0 Å². The second kappa shape index (κ2) is 8.15. The third-order valence-corrected chi connectivity index (χ3v) is 6.56. The van der Waals surface area contributed by atoms with Crippen LogP contribution in [0.15, 0.2) is 88.8 Å². The van der Waals surface area contributed by atoms with Crippen LogP contribution in [0.5, 0.6) is 0 Å². The van der Waals surface area contributed by atoms with Gasteiger partial charge >= 0.3 is 0 Å². The van der Waals surface area contributed by atoms with Gasteiger partial charge in [0.05, 0.1) is 0 Å². The molecule has 0 saturated heterocycles. The molecule has 1 radical (unpaired) electrons. The van der Waals surface area contributed by atoms with Crippen LogP contribution in [0, 0.1) is 6.07 Å². The summed E-state index contributed by atoms with van der Waals surface area (Å²) in [6.07, 6.45) is 1.91. The Balaban J connectivity index is 0.00000218. The van der Waals surface area contributed by atoms with E-state index >= 15 is 0 Å². The van der Waals surface area contributed by atoms with Gasteiger partial charge in [0, 0.05) is 31.2 Å². The Morgan fingerprint density at radius 1 is 0.767 bits per heavy atom. The summed E-state index contributed by atoms with van der Waals surface area (Å²) in [5, 5.41) is 0. The fourth-order valence-electron chi connectivity index (χ4n) is 3.81. The van der Waals surface area contributed by atoms with Crippen LogP contribution in [-0.2, 0) is 25.5 Å². The normalized spacial score (nSPS) is 12.1. The quantitative estimate of drug-likeness (QED) is 0.188. The van der Waals surface area contributed by atoms with E-state index in [2.05, 4.69) is 105 Å². The average molecular weight is 585 g/mol. The fraction of sp³-hybridized carbons (Fsp3) is 0.148. The van der Waals surface area contributed by atoms with Crippen LogP contribution < -0.4 is 0 Å². The van der Waals surface area contributed by atoms with E-state index in [-0.39, 0.29) is 25.5 Å². The molecule has 0 fully saturated rings. The molecule has 1 aliphatic heterocycles. The van der Waals surface area contributed by atoms with E-state index in [1.807, 2.05) is 18.0 Å². The summed E-state index contributed by atoms with van der Waals surface area (Å²) in [5.74, 6) is 0. The molecule has 5 rings (SSSR count). The molecule has 3 heteroatoms. The standard InChI is InChI=1S/C27H22NS.Ir/c1-27(2,3)19-14-15-28-24(17-19)18-12-13-23-21-9-5-4-8-20(21)22-10-6-7-11-25(22)29-26(23)16-18;/h4-11,13-17H,1-3H3;/q-1;. The van der Waals surface area contributed by atoms with Crippen molar-refractivity contribution < 1.29 is 20.1 Å². The van der Waals surface area contributed by atoms with Crippen molar-refractivity contribution >= 4 is 11.8 Å². The van der Waals surface area contributed by atoms with Crippen molar-refractivity contribution in [3.8, 4) is 33.5 Å². The fourth-order valence-corrected chi connectivity index (χ4v) is 4.94. The Morgan fingerprint density at radius 2 is 1.43 bits per heavy atom. The van der Waals surface area contributed by atoms with E-state index in [1.54, 1.807) is 0 Å². The molecule has 1 aliphatic rings. The minimum atomic E-state index is 0. The molecule has 2 heterocycles. The smallest absolute Gasteiger partial charge is 0.0184 e. The Kier molecular flexibility index (Phi) is 5.72. The van der Waals surface area contributed by atoms with Gasteiger partial charge in [0.2, 0.25) is 0 Å². The first-order chi connectivity index (χ1) is 14.0. The van der Waals surface area contributed by atoms with Crippen molar-refractivity contribution in [3.63, 3.8) is 0 Å². The van der Waals surface area contributed by atoms with E-state index in [4.69, 9.17) is 0 Å². The topological polar surface area (TPSA) is 12.9 Å². The van der Waals surface area contributed by atoms with Gasteiger partial charge in [-0.3, -0.25) is 0 Å². The van der Waals surface area contributed by atoms with Crippen molar-refractivity contribution in [2.75, 3.05) is 0 Å². The summed E-state index contributed by atoms with van der Waals surface area (Å²) >= 11 is 1.83. The molecule has 30 heavy (non-hydrogen) atoms. The Hall–Kier alpha value is -2.19. The molecular weight excluding hydrogens is 563 g/mol. The maximum absolute atomic E-state index is 4.64. The van der Waals surface area contributed by atoms with Gasteiger partial charge in [-0.05, 0) is 39.9 Å². The number of aromatic nitrogens is 1. The van der Waals surface area contributed by atoms with Crippen molar-refractivity contribution in [1.82, 2.24) is 4.98 Å². The maximum Gasteiger partial charge on any atom is 0.0184 e. The van der Waals surface area contributed by atoms with E-state index < -0.39 is 0 Å². The molecular formula is C27H22IrNS-. The van der Waals surface area contributed by atoms with Gasteiger partial charge in [0.15, 0.2) is 0 Å². The number of hydrogen-bond acceptors (Lipinski definition) is 2. The number of hydrogen-bond donors (Lipinski definition) is 0. The molecule has 0 unspecified atom stereocenters. The molecule has 1 nitrogen and oxygen atoms in total. The maximum atomic E-state index is 4.64. The molecule has 0 bridgehead atoms. The van der Waals surface area contributed by atoms with Crippen LogP contribution in [0.2, 0.25) is 0 Å². The predicted molar refractivity (Wildman–Crippen MR) is 122 cm³/mol. The van der Waals surface area contributed by atoms with Crippen LogP contribution >= 0.6 is 11.8 Å². The summed E-state index contributed by atoms with van der Waals surface area (Å²) in [5.41, 5.74) is 8.47. The van der Waals surface area contributed by atoms with Gasteiger partial charge in [-0.25, -0.2) is 0 Å². The minimum Gasteiger partial charge on any atom is -0.305 e. The van der Waals surface area contributed by atoms with Crippen molar-refractivity contribution in [1.29, 1.82) is 0 Å². The van der Waals surface area contributed by atoms with Crippen LogP contribution in [0.4, 0.5) is 0 Å². The summed E-state index contributed by atoms with van der Waals surface area (Å²) in [6, 6.07) is 29.5. The molecule has 0 amide bonds. The monoisotopic (exact) mass is 585 g/mol. The second-order valence-electron chi connectivity index (χ2n) is 8.45. The zero-order chi connectivity index (χ0) is 20.0. The van der Waals surface area contributed by atoms with Gasteiger partial charge in [-0.15, -0.1) is 35.5 Å². The molecule has 1 aromatic heterocycles. The molecule has 0 aliphatic carbocycles. The van der Waals surface area contributed by atoms with Gasteiger partial charge < -0.3 is 4.98 Å². The Bertz CT molecular complexity index is 1220. The second-order valence-corrected chi connectivity index (χ2v) is 9.53. The largest absolute Gasteiger partial charge is 0.305 e. The molecule has 0 saturated carbocycles. The number of benzene rings is 3. The summed E-state index contributed by atoms with van der Waals surface area (Å²) < 4.78 is 0. The summed E-state index contributed by atoms with van der Waals surface area (Å²) in [4.78, 5) is 7.18. The van der Waals surface area contributed by atoms with Gasteiger partial charge in [-0.2, -0.15) is 0 Å². The molecule has 4 aromatic rings. The van der Waals surface area contributed by atoms with Crippen molar-refractivity contribution in [2.45, 2.75) is 36.0 Å². The van der Waals surface area contributed by atoms with Gasteiger partial charge in [-0.1, -0.05) is 85.3 Å². The number of pyridine rings is 1. The zero-order valence-electron chi connectivity index (χ0n) is 17.2. The SMILES string of the molecule is CC(C)(C)c1ccnc(-c2[c-]cc3c(c2)Sc2ccccc2-c2ccccc2-3)c1.[Ir]. The predicted octanol–water partition coefficient (Wildman–Crippen LogP) is 7.64. The average Bonchev–Trinajstić information content (AvgIpc) is 2.87. The number of fused-ring (bicyclic) bond motifs is 5. The molecule has 0 spiro atoms. The Morgan fingerprint density at radius 3 is 2.17 bits per heavy atom. The van der Waals surface area contributed by atoms with Crippen LogP contribution in [0.1, 0.15) is 26.3 Å². The minimum absolute atomic E-state index is 0. The zero-order valence-corrected chi connectivity index (χ0v) is 20.4. The summed E-state index contributed by atoms with van der Waals surface area (Å²) in [6.45, 7) is 6.70. The summed E-state index contributed by atoms with van der Waals surface area (Å²) in [7, 11) is 0. The molecule has 3 aromatic carbocycles. The molecule has 151 valence electrons. The molecule has 0 atom stereocenters. The first-order valence-electron chi connectivity index (χ1n) is 9.90. The third kappa shape index (κ3) is 3.78. The van der Waals surface area contributed by atoms with E-state index in [0.717, 1.165) is 11.3 Å². The molecule has 0 N–H and O–H groups in total. The van der Waals surface area contributed by atoms with Crippen LogP contribution in [0.25, 0.3) is 33.5 Å². The van der Waals surface area contributed by atoms with Crippen LogP contribution in [0.3, 0.4) is 0 Å². The number of rotatable bonds is 1. The Labute approximate surface area is 196 Å². The van der Waals surface area contributed by atoms with Crippen molar-refractivity contribution in [2.24, 2.45) is 0 Å². The van der Waals surface area contributed by atoms with Gasteiger partial charge in [0.1, 0.15) is 0 Å². The van der Waals surface area contributed by atoms with Crippen LogP contribution in [-0.4, -0.2) is 4.98 Å². The third-order valence-electron chi connectivity index (χ3n) is 5.43. The van der Waals surface area contributed by atoms with Crippen molar-refractivity contribution in [3.05, 3.63) is 90.6 Å². The number of nitrogens with zero attached hydrogens (tertiary/aromatic N) is 1. The van der Waals surface area contributed by atoms with E-state index in [0.29, 0.717) is 0 Å². The first kappa shape index (κ1) is 21.1.